The van der Waals surface area contributed by atoms with Gasteiger partial charge in [-0.15, -0.1) is 11.8 Å². The lowest BCUT2D eigenvalue weighted by Crippen LogP contribution is -2.34. The highest BCUT2D eigenvalue weighted by Gasteiger charge is 2.35. The van der Waals surface area contributed by atoms with Crippen molar-refractivity contribution in [3.05, 3.63) is 11.0 Å². The molecule has 2 heterocycles. The Bertz CT molecular complexity index is 463. The number of ether oxygens (including phenoxy) is 2. The molecule has 1 saturated heterocycles. The van der Waals surface area contributed by atoms with Crippen LogP contribution in [0, 0.1) is 5.41 Å². The lowest BCUT2D eigenvalue weighted by atomic mass is 9.97. The number of thioether (sulfide) groups is 1. The van der Waals surface area contributed by atoms with Crippen molar-refractivity contribution in [2.75, 3.05) is 19.0 Å². The van der Waals surface area contributed by atoms with Crippen LogP contribution in [0.2, 0.25) is 0 Å². The predicted molar refractivity (Wildman–Crippen MR) is 83.4 cm³/mol. The monoisotopic (exact) mass is 329 g/mol. The number of esters is 1. The average Bonchev–Trinajstić information content (AvgIpc) is 2.84. The SMILES string of the molecule is CC(C)(CO)COC(=O)CCCC1=C[C@H]2OC(=O)NC2CS1. The van der Waals surface area contributed by atoms with Crippen molar-refractivity contribution in [1.82, 2.24) is 5.32 Å². The molecule has 0 aromatic carbocycles. The molecule has 2 N–H and O–H groups in total. The quantitative estimate of drug-likeness (QED) is 0.693. The first-order valence-electron chi connectivity index (χ1n) is 7.47. The molecule has 1 fully saturated rings. The smallest absolute Gasteiger partial charge is 0.408 e. The van der Waals surface area contributed by atoms with Crippen LogP contribution in [0.3, 0.4) is 0 Å². The summed E-state index contributed by atoms with van der Waals surface area (Å²) in [6, 6.07) is 0.0620. The summed E-state index contributed by atoms with van der Waals surface area (Å²) in [5, 5.41) is 11.9. The summed E-state index contributed by atoms with van der Waals surface area (Å²) in [5.74, 6) is 0.562. The first-order valence-corrected chi connectivity index (χ1v) is 8.45. The maximum atomic E-state index is 11.7. The summed E-state index contributed by atoms with van der Waals surface area (Å²) in [6.45, 7) is 3.90. The van der Waals surface area contributed by atoms with Crippen molar-refractivity contribution in [3.8, 4) is 0 Å². The van der Waals surface area contributed by atoms with E-state index in [0.717, 1.165) is 17.1 Å². The van der Waals surface area contributed by atoms with Crippen LogP contribution in [0.5, 0.6) is 0 Å². The minimum atomic E-state index is -0.397. The van der Waals surface area contributed by atoms with Gasteiger partial charge in [-0.1, -0.05) is 13.8 Å². The number of carbonyl (C=O) groups excluding carboxylic acids is 2. The van der Waals surface area contributed by atoms with Crippen molar-refractivity contribution >= 4 is 23.8 Å². The molecule has 0 aliphatic carbocycles. The molecule has 1 amide bonds. The highest BCUT2D eigenvalue weighted by molar-refractivity contribution is 8.03. The number of amides is 1. The Balaban J connectivity index is 1.67. The van der Waals surface area contributed by atoms with E-state index in [1.807, 2.05) is 19.9 Å². The second kappa shape index (κ2) is 7.37. The van der Waals surface area contributed by atoms with Gasteiger partial charge in [0.1, 0.15) is 6.10 Å². The summed E-state index contributed by atoms with van der Waals surface area (Å²) in [6.07, 6.45) is 3.27. The molecule has 2 atom stereocenters. The van der Waals surface area contributed by atoms with Crippen LogP contribution < -0.4 is 5.32 Å². The minimum Gasteiger partial charge on any atom is -0.465 e. The summed E-state index contributed by atoms with van der Waals surface area (Å²) in [5.41, 5.74) is -0.397. The number of carbonyl (C=O) groups is 2. The Morgan fingerprint density at radius 3 is 3.09 bits per heavy atom. The number of allylic oxidation sites excluding steroid dienone is 1. The minimum absolute atomic E-state index is 0.0148. The third-order valence-electron chi connectivity index (χ3n) is 3.60. The topological polar surface area (TPSA) is 84.9 Å². The highest BCUT2D eigenvalue weighted by Crippen LogP contribution is 2.31. The second-order valence-electron chi connectivity index (χ2n) is 6.40. The summed E-state index contributed by atoms with van der Waals surface area (Å²) < 4.78 is 10.3. The molecule has 124 valence electrons. The van der Waals surface area contributed by atoms with Crippen molar-refractivity contribution in [2.24, 2.45) is 5.41 Å². The van der Waals surface area contributed by atoms with Gasteiger partial charge in [0, 0.05) is 17.6 Å². The second-order valence-corrected chi connectivity index (χ2v) is 7.55. The molecule has 0 aromatic heterocycles. The van der Waals surface area contributed by atoms with Crippen molar-refractivity contribution in [2.45, 2.75) is 45.3 Å². The van der Waals surface area contributed by atoms with Gasteiger partial charge < -0.3 is 19.9 Å². The molecule has 7 heteroatoms. The van der Waals surface area contributed by atoms with E-state index in [1.165, 1.54) is 0 Å². The number of alkyl carbamates (subject to hydrolysis) is 1. The first kappa shape index (κ1) is 17.1. The van der Waals surface area contributed by atoms with Gasteiger partial charge >= 0.3 is 12.1 Å². The van der Waals surface area contributed by atoms with Gasteiger partial charge in [-0.2, -0.15) is 0 Å². The third kappa shape index (κ3) is 4.91. The van der Waals surface area contributed by atoms with Gasteiger partial charge in [0.15, 0.2) is 0 Å². The number of fused-ring (bicyclic) bond motifs is 1. The normalized spacial score (nSPS) is 24.1. The number of hydrogen-bond donors (Lipinski definition) is 2. The molecule has 1 unspecified atom stereocenters. The fourth-order valence-corrected chi connectivity index (χ4v) is 3.33. The molecular weight excluding hydrogens is 306 g/mol. The fourth-order valence-electron chi connectivity index (χ4n) is 2.14. The number of nitrogens with one attached hydrogen (secondary N) is 1. The first-order chi connectivity index (χ1) is 10.4. The summed E-state index contributed by atoms with van der Waals surface area (Å²) in [7, 11) is 0. The van der Waals surface area contributed by atoms with Crippen LogP contribution in [0.25, 0.3) is 0 Å². The van der Waals surface area contributed by atoms with E-state index < -0.39 is 5.41 Å². The average molecular weight is 329 g/mol. The maximum absolute atomic E-state index is 11.7. The lowest BCUT2D eigenvalue weighted by molar-refractivity contribution is -0.147. The van der Waals surface area contributed by atoms with E-state index in [1.54, 1.807) is 11.8 Å². The molecule has 0 bridgehead atoms. The highest BCUT2D eigenvalue weighted by atomic mass is 32.2. The van der Waals surface area contributed by atoms with Crippen molar-refractivity contribution < 1.29 is 24.2 Å². The zero-order valence-electron chi connectivity index (χ0n) is 13.0. The number of aliphatic hydroxyl groups excluding tert-OH is 1. The Morgan fingerprint density at radius 1 is 1.59 bits per heavy atom. The van der Waals surface area contributed by atoms with Gasteiger partial charge in [-0.3, -0.25) is 4.79 Å². The Hall–Kier alpha value is -1.21. The van der Waals surface area contributed by atoms with Crippen LogP contribution >= 0.6 is 11.8 Å². The molecule has 2 aliphatic heterocycles. The number of hydrogen-bond acceptors (Lipinski definition) is 6. The molecule has 2 aliphatic rings. The van der Waals surface area contributed by atoms with Gasteiger partial charge in [-0.25, -0.2) is 4.79 Å². The van der Waals surface area contributed by atoms with E-state index in [2.05, 4.69) is 5.32 Å². The summed E-state index contributed by atoms with van der Waals surface area (Å²) >= 11 is 1.70. The molecule has 2 rings (SSSR count). The van der Waals surface area contributed by atoms with Gasteiger partial charge in [-0.05, 0) is 23.8 Å². The summed E-state index contributed by atoms with van der Waals surface area (Å²) in [4.78, 5) is 24.0. The third-order valence-corrected chi connectivity index (χ3v) is 4.83. The zero-order chi connectivity index (χ0) is 16.2. The fraction of sp³-hybridized carbons (Fsp3) is 0.733. The number of rotatable bonds is 7. The van der Waals surface area contributed by atoms with Crippen LogP contribution in [-0.4, -0.2) is 48.3 Å². The maximum Gasteiger partial charge on any atom is 0.408 e. The van der Waals surface area contributed by atoms with Gasteiger partial charge in [0.2, 0.25) is 0 Å². The molecule has 22 heavy (non-hydrogen) atoms. The largest absolute Gasteiger partial charge is 0.465 e. The molecule has 0 radical (unpaired) electrons. The van der Waals surface area contributed by atoms with E-state index in [9.17, 15) is 9.59 Å². The molecule has 0 spiro atoms. The molecular formula is C15H23NO5S. The van der Waals surface area contributed by atoms with Crippen molar-refractivity contribution in [3.63, 3.8) is 0 Å². The standard InChI is InChI=1S/C15H23NO5S/c1-15(2,8-17)9-20-13(18)5-3-4-10-6-12-11(7-22-10)16-14(19)21-12/h6,11-12,17H,3-5,7-9H2,1-2H3,(H,16,19)/t11?,12-/m1/s1. The lowest BCUT2D eigenvalue weighted by Gasteiger charge is -2.22. The molecule has 0 saturated carbocycles. The van der Waals surface area contributed by atoms with Crippen LogP contribution in [0.1, 0.15) is 33.1 Å². The number of aliphatic hydroxyl groups is 1. The van der Waals surface area contributed by atoms with E-state index >= 15 is 0 Å². The van der Waals surface area contributed by atoms with Crippen LogP contribution in [0.15, 0.2) is 11.0 Å². The van der Waals surface area contributed by atoms with E-state index in [-0.39, 0.29) is 37.4 Å². The van der Waals surface area contributed by atoms with E-state index in [4.69, 9.17) is 14.6 Å². The van der Waals surface area contributed by atoms with Crippen LogP contribution in [0.4, 0.5) is 4.79 Å². The Labute approximate surface area is 134 Å². The van der Waals surface area contributed by atoms with Gasteiger partial charge in [0.05, 0.1) is 19.3 Å². The molecule has 6 nitrogen and oxygen atoms in total. The zero-order valence-corrected chi connectivity index (χ0v) is 13.8. The Kier molecular flexibility index (Phi) is 5.74. The Morgan fingerprint density at radius 2 is 2.36 bits per heavy atom. The predicted octanol–water partition coefficient (Wildman–Crippen LogP) is 1.83. The van der Waals surface area contributed by atoms with Crippen LogP contribution in [-0.2, 0) is 14.3 Å². The molecule has 0 aromatic rings. The van der Waals surface area contributed by atoms with Gasteiger partial charge in [0.25, 0.3) is 0 Å². The van der Waals surface area contributed by atoms with E-state index in [0.29, 0.717) is 12.8 Å². The van der Waals surface area contributed by atoms with Crippen molar-refractivity contribution in [1.29, 1.82) is 0 Å².